The zero-order valence-corrected chi connectivity index (χ0v) is 15.9. The largest absolute Gasteiger partial charge is 0.494 e. The number of ether oxygens (including phenoxy) is 1. The molecule has 0 spiro atoms. The lowest BCUT2D eigenvalue weighted by atomic mass is 9.83. The fourth-order valence-electron chi connectivity index (χ4n) is 4.56. The van der Waals surface area contributed by atoms with Gasteiger partial charge in [-0.15, -0.1) is 0 Å². The Bertz CT molecular complexity index is 772. The van der Waals surface area contributed by atoms with E-state index in [1.54, 1.807) is 18.0 Å². The number of nitrogens with one attached hydrogen (secondary N) is 1. The van der Waals surface area contributed by atoms with Crippen LogP contribution in [0.25, 0.3) is 5.69 Å². The number of carbonyl (C=O) groups is 1. The van der Waals surface area contributed by atoms with E-state index in [9.17, 15) is 4.79 Å². The van der Waals surface area contributed by atoms with Gasteiger partial charge in [0.15, 0.2) is 0 Å². The van der Waals surface area contributed by atoms with Gasteiger partial charge in [-0.1, -0.05) is 6.42 Å². The van der Waals surface area contributed by atoms with Gasteiger partial charge in [0, 0.05) is 30.5 Å². The maximum absolute atomic E-state index is 12.8. The molecular weight excluding hydrogens is 340 g/mol. The van der Waals surface area contributed by atoms with Crippen LogP contribution in [0.1, 0.15) is 42.5 Å². The van der Waals surface area contributed by atoms with Crippen molar-refractivity contribution in [2.75, 3.05) is 26.7 Å². The van der Waals surface area contributed by atoms with Crippen molar-refractivity contribution in [2.24, 2.45) is 5.92 Å². The van der Waals surface area contributed by atoms with Crippen molar-refractivity contribution in [1.29, 1.82) is 0 Å². The second-order valence-corrected chi connectivity index (χ2v) is 7.55. The summed E-state index contributed by atoms with van der Waals surface area (Å²) in [6, 6.07) is 7.98. The van der Waals surface area contributed by atoms with E-state index in [-0.39, 0.29) is 5.91 Å². The minimum absolute atomic E-state index is 0.0287. The minimum Gasteiger partial charge on any atom is -0.494 e. The van der Waals surface area contributed by atoms with Crippen molar-refractivity contribution >= 4 is 5.91 Å². The predicted molar refractivity (Wildman–Crippen MR) is 104 cm³/mol. The summed E-state index contributed by atoms with van der Waals surface area (Å²) in [5.41, 5.74) is 1.41. The molecule has 3 heterocycles. The standard InChI is InChI=1S/C21H28N4O2/c1-27-20-9-8-16(14-19(20)25-13-5-10-23-25)21(26)22-15-17-6-4-12-24-11-3-2-7-18(17)24/h5,8-10,13-14,17-18H,2-4,6-7,11-12,15H2,1H3,(H,22,26)/t17-,18+/m1/s1. The van der Waals surface area contributed by atoms with E-state index in [2.05, 4.69) is 15.3 Å². The van der Waals surface area contributed by atoms with Gasteiger partial charge in [-0.25, -0.2) is 4.68 Å². The molecule has 0 unspecified atom stereocenters. The number of benzene rings is 1. The monoisotopic (exact) mass is 368 g/mol. The van der Waals surface area contributed by atoms with Gasteiger partial charge in [0.05, 0.1) is 7.11 Å². The van der Waals surface area contributed by atoms with E-state index >= 15 is 0 Å². The third-order valence-corrected chi connectivity index (χ3v) is 5.95. The molecule has 1 amide bonds. The third-order valence-electron chi connectivity index (χ3n) is 5.95. The highest BCUT2D eigenvalue weighted by Crippen LogP contribution is 2.30. The molecular formula is C21H28N4O2. The number of rotatable bonds is 5. The molecule has 144 valence electrons. The second kappa shape index (κ2) is 8.13. The Kier molecular flexibility index (Phi) is 5.43. The van der Waals surface area contributed by atoms with Gasteiger partial charge in [0.1, 0.15) is 11.4 Å². The Balaban J connectivity index is 1.44. The molecule has 1 aromatic carbocycles. The van der Waals surface area contributed by atoms with E-state index in [0.29, 0.717) is 23.3 Å². The van der Waals surface area contributed by atoms with E-state index in [1.165, 1.54) is 45.2 Å². The molecule has 2 aliphatic heterocycles. The Morgan fingerprint density at radius 3 is 2.96 bits per heavy atom. The molecule has 0 bridgehead atoms. The maximum Gasteiger partial charge on any atom is 0.251 e. The molecule has 0 aliphatic carbocycles. The van der Waals surface area contributed by atoms with Crippen molar-refractivity contribution < 1.29 is 9.53 Å². The van der Waals surface area contributed by atoms with Gasteiger partial charge in [-0.2, -0.15) is 5.10 Å². The predicted octanol–water partition coefficient (Wildman–Crippen LogP) is 2.88. The summed E-state index contributed by atoms with van der Waals surface area (Å²) < 4.78 is 7.14. The molecule has 2 saturated heterocycles. The lowest BCUT2D eigenvalue weighted by Gasteiger charge is -2.44. The van der Waals surface area contributed by atoms with Gasteiger partial charge < -0.3 is 15.0 Å². The summed E-state index contributed by atoms with van der Waals surface area (Å²) in [4.78, 5) is 15.4. The van der Waals surface area contributed by atoms with Gasteiger partial charge >= 0.3 is 0 Å². The van der Waals surface area contributed by atoms with Crippen LogP contribution in [0.3, 0.4) is 0 Å². The van der Waals surface area contributed by atoms with Crippen LogP contribution in [-0.2, 0) is 0 Å². The fraction of sp³-hybridized carbons (Fsp3) is 0.524. The summed E-state index contributed by atoms with van der Waals surface area (Å²) in [6.45, 7) is 3.20. The molecule has 6 heteroatoms. The lowest BCUT2D eigenvalue weighted by Crippen LogP contribution is -2.51. The topological polar surface area (TPSA) is 59.4 Å². The van der Waals surface area contributed by atoms with Gasteiger partial charge in [-0.3, -0.25) is 4.79 Å². The summed E-state index contributed by atoms with van der Waals surface area (Å²) in [5.74, 6) is 1.23. The Morgan fingerprint density at radius 2 is 2.15 bits per heavy atom. The van der Waals surface area contributed by atoms with Crippen LogP contribution >= 0.6 is 0 Å². The summed E-state index contributed by atoms with van der Waals surface area (Å²) >= 11 is 0. The highest BCUT2D eigenvalue weighted by molar-refractivity contribution is 5.95. The average Bonchev–Trinajstić information content (AvgIpc) is 3.26. The number of methoxy groups -OCH3 is 1. The smallest absolute Gasteiger partial charge is 0.251 e. The van der Waals surface area contributed by atoms with Crippen molar-refractivity contribution in [1.82, 2.24) is 20.0 Å². The summed E-state index contributed by atoms with van der Waals surface area (Å²) in [7, 11) is 1.63. The number of carbonyl (C=O) groups excluding carboxylic acids is 1. The zero-order valence-electron chi connectivity index (χ0n) is 15.9. The molecule has 6 nitrogen and oxygen atoms in total. The Hall–Kier alpha value is -2.34. The zero-order chi connectivity index (χ0) is 18.6. The molecule has 2 aromatic rings. The highest BCUT2D eigenvalue weighted by atomic mass is 16.5. The summed E-state index contributed by atoms with van der Waals surface area (Å²) in [5, 5.41) is 7.44. The molecule has 0 saturated carbocycles. The van der Waals surface area contributed by atoms with Crippen LogP contribution in [0.4, 0.5) is 0 Å². The van der Waals surface area contributed by atoms with E-state index < -0.39 is 0 Å². The van der Waals surface area contributed by atoms with Gasteiger partial charge in [0.25, 0.3) is 5.91 Å². The van der Waals surface area contributed by atoms with Crippen LogP contribution in [0, 0.1) is 5.92 Å². The van der Waals surface area contributed by atoms with Crippen LogP contribution in [0.2, 0.25) is 0 Å². The molecule has 4 rings (SSSR count). The number of nitrogens with zero attached hydrogens (tertiary/aromatic N) is 3. The maximum atomic E-state index is 12.8. The number of fused-ring (bicyclic) bond motifs is 1. The number of aromatic nitrogens is 2. The van der Waals surface area contributed by atoms with Crippen LogP contribution in [0.5, 0.6) is 5.75 Å². The molecule has 2 fully saturated rings. The van der Waals surface area contributed by atoms with Gasteiger partial charge in [-0.05, 0) is 69.0 Å². The van der Waals surface area contributed by atoms with E-state index in [0.717, 1.165) is 12.2 Å². The molecule has 27 heavy (non-hydrogen) atoms. The first-order chi connectivity index (χ1) is 13.3. The summed E-state index contributed by atoms with van der Waals surface area (Å²) in [6.07, 6.45) is 9.91. The normalized spacial score (nSPS) is 22.9. The van der Waals surface area contributed by atoms with Crippen molar-refractivity contribution in [3.8, 4) is 11.4 Å². The quantitative estimate of drug-likeness (QED) is 0.882. The van der Waals surface area contributed by atoms with Crippen molar-refractivity contribution in [3.63, 3.8) is 0 Å². The van der Waals surface area contributed by atoms with Crippen LogP contribution in [-0.4, -0.2) is 53.4 Å². The number of piperidine rings is 2. The van der Waals surface area contributed by atoms with Crippen molar-refractivity contribution in [2.45, 2.75) is 38.1 Å². The average molecular weight is 368 g/mol. The molecule has 1 aromatic heterocycles. The Labute approximate surface area is 160 Å². The first-order valence-corrected chi connectivity index (χ1v) is 9.96. The van der Waals surface area contributed by atoms with E-state index in [4.69, 9.17) is 4.74 Å². The number of amides is 1. The minimum atomic E-state index is -0.0287. The molecule has 2 aliphatic rings. The first-order valence-electron chi connectivity index (χ1n) is 9.96. The van der Waals surface area contributed by atoms with Crippen LogP contribution < -0.4 is 10.1 Å². The van der Waals surface area contributed by atoms with Crippen molar-refractivity contribution in [3.05, 3.63) is 42.2 Å². The number of hydrogen-bond acceptors (Lipinski definition) is 4. The Morgan fingerprint density at radius 1 is 1.26 bits per heavy atom. The highest BCUT2D eigenvalue weighted by Gasteiger charge is 2.33. The third kappa shape index (κ3) is 3.86. The molecule has 2 atom stereocenters. The SMILES string of the molecule is COc1ccc(C(=O)NC[C@H]2CCCN3CCCC[C@@H]23)cc1-n1cccn1. The fourth-order valence-corrected chi connectivity index (χ4v) is 4.56. The lowest BCUT2D eigenvalue weighted by molar-refractivity contribution is 0.0575. The number of hydrogen-bond donors (Lipinski definition) is 1. The van der Waals surface area contributed by atoms with Crippen LogP contribution in [0.15, 0.2) is 36.7 Å². The molecule has 0 radical (unpaired) electrons. The molecule has 1 N–H and O–H groups in total. The first kappa shape index (κ1) is 18.0. The van der Waals surface area contributed by atoms with E-state index in [1.807, 2.05) is 30.5 Å². The van der Waals surface area contributed by atoms with Gasteiger partial charge in [0.2, 0.25) is 0 Å². The second-order valence-electron chi connectivity index (χ2n) is 7.55.